The van der Waals surface area contributed by atoms with Gasteiger partial charge in [0.05, 0.1) is 18.3 Å². The summed E-state index contributed by atoms with van der Waals surface area (Å²) in [5, 5.41) is 31.9. The number of carboxylic acid groups (broad SMARTS) is 1. The highest BCUT2D eigenvalue weighted by Crippen LogP contribution is 2.51. The molecule has 0 amide bonds. The Balaban J connectivity index is 1.93. The maximum atomic E-state index is 14.1. The largest absolute Gasteiger partial charge is 0.507 e. The van der Waals surface area contributed by atoms with Gasteiger partial charge < -0.3 is 34.3 Å². The molecule has 3 rings (SSSR count). The summed E-state index contributed by atoms with van der Waals surface area (Å²) in [5.74, 6) is -1.54. The molecule has 0 spiro atoms. The average molecular weight is 667 g/mol. The predicted octanol–water partition coefficient (Wildman–Crippen LogP) is 7.40. The van der Waals surface area contributed by atoms with Gasteiger partial charge >= 0.3 is 5.97 Å². The van der Waals surface area contributed by atoms with Crippen LogP contribution in [0, 0.1) is 5.92 Å². The van der Waals surface area contributed by atoms with E-state index in [1.165, 1.54) is 12.5 Å². The number of hydrogen-bond donors (Lipinski definition) is 3. The molecule has 3 N–H and O–H groups in total. The van der Waals surface area contributed by atoms with E-state index in [0.29, 0.717) is 55.6 Å². The number of carbonyl (C=O) groups excluding carboxylic acids is 2. The van der Waals surface area contributed by atoms with Gasteiger partial charge in [-0.15, -0.1) is 0 Å². The molecule has 2 heterocycles. The quantitative estimate of drug-likeness (QED) is 0.0756. The number of carboxylic acids is 1. The molecular formula is C39H54O9. The van der Waals surface area contributed by atoms with Gasteiger partial charge in [-0.05, 0) is 101 Å². The van der Waals surface area contributed by atoms with Crippen LogP contribution in [0.3, 0.4) is 0 Å². The Labute approximate surface area is 285 Å². The van der Waals surface area contributed by atoms with Crippen LogP contribution in [0.25, 0.3) is 0 Å². The van der Waals surface area contributed by atoms with E-state index in [1.54, 1.807) is 19.1 Å². The van der Waals surface area contributed by atoms with Crippen LogP contribution in [0.2, 0.25) is 0 Å². The minimum atomic E-state index is -0.967. The fourth-order valence-corrected chi connectivity index (χ4v) is 6.01. The number of ether oxygens (including phenoxy) is 3. The van der Waals surface area contributed by atoms with Gasteiger partial charge in [-0.1, -0.05) is 35.5 Å². The van der Waals surface area contributed by atoms with Crippen LogP contribution >= 0.6 is 0 Å². The molecule has 0 saturated carbocycles. The second kappa shape index (κ2) is 16.1. The van der Waals surface area contributed by atoms with Gasteiger partial charge in [-0.3, -0.25) is 4.79 Å². The topological polar surface area (TPSA) is 140 Å². The fourth-order valence-electron chi connectivity index (χ4n) is 6.01. The van der Waals surface area contributed by atoms with Gasteiger partial charge in [0.25, 0.3) is 0 Å². The van der Waals surface area contributed by atoms with E-state index < -0.39 is 41.1 Å². The summed E-state index contributed by atoms with van der Waals surface area (Å²) in [4.78, 5) is 37.4. The number of ketones is 1. The van der Waals surface area contributed by atoms with Gasteiger partial charge in [0.15, 0.2) is 5.78 Å². The van der Waals surface area contributed by atoms with Crippen LogP contribution in [-0.2, 0) is 27.2 Å². The molecule has 9 nitrogen and oxygen atoms in total. The average Bonchev–Trinajstić information content (AvgIpc) is 2.99. The number of phenolic OH excluding ortho intramolecular Hbond substituents is 1. The number of aliphatic carboxylic acids is 1. The minimum Gasteiger partial charge on any atom is -0.507 e. The van der Waals surface area contributed by atoms with Gasteiger partial charge in [0, 0.05) is 34.6 Å². The Morgan fingerprint density at radius 1 is 1.08 bits per heavy atom. The minimum absolute atomic E-state index is 0.0252. The number of hydrogen-bond acceptors (Lipinski definition) is 8. The molecule has 48 heavy (non-hydrogen) atoms. The fraction of sp³-hybridized carbons (Fsp3) is 0.564. The summed E-state index contributed by atoms with van der Waals surface area (Å²) in [7, 11) is 0. The molecule has 0 fully saturated rings. The normalized spacial score (nSPS) is 22.2. The Bertz CT molecular complexity index is 1500. The Kier molecular flexibility index (Phi) is 13.0. The van der Waals surface area contributed by atoms with Crippen LogP contribution in [0.15, 0.2) is 46.6 Å². The Morgan fingerprint density at radius 2 is 1.75 bits per heavy atom. The summed E-state index contributed by atoms with van der Waals surface area (Å²) in [5.41, 5.74) is 2.34. The zero-order valence-corrected chi connectivity index (χ0v) is 30.1. The van der Waals surface area contributed by atoms with Gasteiger partial charge in [0.2, 0.25) is 0 Å². The number of rotatable bonds is 15. The number of aliphatic hydroxyl groups is 1. The number of carbonyl (C=O) groups is 3. The van der Waals surface area contributed by atoms with Crippen molar-refractivity contribution in [1.29, 1.82) is 0 Å². The molecule has 264 valence electrons. The van der Waals surface area contributed by atoms with Gasteiger partial charge in [-0.2, -0.15) is 0 Å². The van der Waals surface area contributed by atoms with Crippen LogP contribution in [0.4, 0.5) is 0 Å². The van der Waals surface area contributed by atoms with E-state index in [-0.39, 0.29) is 34.6 Å². The number of allylic oxidation sites excluding steroid dienone is 5. The first-order valence-electron chi connectivity index (χ1n) is 16.9. The van der Waals surface area contributed by atoms with Crippen molar-refractivity contribution in [3.05, 3.63) is 63.3 Å². The molecule has 2 aliphatic heterocycles. The van der Waals surface area contributed by atoms with Crippen LogP contribution < -0.4 is 9.47 Å². The van der Waals surface area contributed by atoms with E-state index >= 15 is 0 Å². The highest BCUT2D eigenvalue weighted by Gasteiger charge is 2.45. The van der Waals surface area contributed by atoms with Crippen molar-refractivity contribution in [2.24, 2.45) is 5.92 Å². The van der Waals surface area contributed by atoms with E-state index in [4.69, 9.17) is 19.3 Å². The molecule has 1 aromatic carbocycles. The third-order valence-electron chi connectivity index (χ3n) is 9.19. The number of aliphatic hydroxyl groups excluding tert-OH is 1. The highest BCUT2D eigenvalue weighted by atomic mass is 16.5. The Hall–Kier alpha value is -3.69. The first-order valence-corrected chi connectivity index (χ1v) is 16.9. The standard InChI is InChI=1S/C39H54O9/c1-23(2)12-10-17-39(9)31(41)21-30-34(43)32-33(42)29(26(6)47-36(32)28(35(30)48-39)15-14-24(3)4)20-27(22-40)16-18-38(7,8)46-19-11-13-25(5)37(44)45/h12-14,20,22,26-27,31,41,43H,10-11,15-19,21H2,1-9H3,(H,44,45)/b25-13-,29-20+/t26?,27?,31-,39-/m1/s1. The summed E-state index contributed by atoms with van der Waals surface area (Å²) in [6.07, 6.45) is 9.72. The monoisotopic (exact) mass is 666 g/mol. The number of Topliss-reactive ketones (excluding diaryl/α,β-unsaturated/α-hetero) is 1. The molecule has 0 bridgehead atoms. The summed E-state index contributed by atoms with van der Waals surface area (Å²) in [6, 6.07) is 0. The molecule has 0 aliphatic carbocycles. The first-order chi connectivity index (χ1) is 22.4. The number of aromatic hydroxyl groups is 1. The van der Waals surface area contributed by atoms with Crippen molar-refractivity contribution in [2.75, 3.05) is 6.61 Å². The molecule has 0 radical (unpaired) electrons. The van der Waals surface area contributed by atoms with Crippen molar-refractivity contribution in [3.63, 3.8) is 0 Å². The van der Waals surface area contributed by atoms with Crippen molar-refractivity contribution in [2.45, 2.75) is 131 Å². The lowest BCUT2D eigenvalue weighted by Gasteiger charge is -2.42. The zero-order valence-electron chi connectivity index (χ0n) is 30.1. The maximum Gasteiger partial charge on any atom is 0.330 e. The van der Waals surface area contributed by atoms with Gasteiger partial charge in [-0.25, -0.2) is 4.79 Å². The second-order valence-electron chi connectivity index (χ2n) is 14.4. The summed E-state index contributed by atoms with van der Waals surface area (Å²) >= 11 is 0. The maximum absolute atomic E-state index is 14.1. The van der Waals surface area contributed by atoms with E-state index in [2.05, 4.69) is 6.08 Å². The van der Waals surface area contributed by atoms with Crippen molar-refractivity contribution < 1.29 is 43.9 Å². The number of aldehydes is 1. The van der Waals surface area contributed by atoms with Crippen molar-refractivity contribution in [3.8, 4) is 17.2 Å². The van der Waals surface area contributed by atoms with E-state index in [0.717, 1.165) is 18.3 Å². The second-order valence-corrected chi connectivity index (χ2v) is 14.4. The Morgan fingerprint density at radius 3 is 2.35 bits per heavy atom. The first kappa shape index (κ1) is 38.8. The number of fused-ring (bicyclic) bond motifs is 2. The van der Waals surface area contributed by atoms with Crippen LogP contribution in [0.5, 0.6) is 17.2 Å². The third kappa shape index (κ3) is 9.47. The zero-order chi connectivity index (χ0) is 36.0. The molecular weight excluding hydrogens is 612 g/mol. The molecule has 1 aromatic rings. The SMILES string of the molecule is CC(C)=CCC[C@@]1(C)Oc2c(c(O)c3c(c2CC=C(C)C)OC(C)/C(=C\C(C=O)CCC(C)(C)OCC/C=C(/C)C(=O)O)C3=O)C[C@H]1O. The molecule has 2 unspecified atom stereocenters. The summed E-state index contributed by atoms with van der Waals surface area (Å²) < 4.78 is 18.9. The van der Waals surface area contributed by atoms with E-state index in [1.807, 2.05) is 54.5 Å². The predicted molar refractivity (Wildman–Crippen MR) is 186 cm³/mol. The molecule has 4 atom stereocenters. The van der Waals surface area contributed by atoms with E-state index in [9.17, 15) is 24.6 Å². The van der Waals surface area contributed by atoms with Crippen molar-refractivity contribution in [1.82, 2.24) is 0 Å². The molecule has 0 aromatic heterocycles. The highest BCUT2D eigenvalue weighted by molar-refractivity contribution is 6.15. The molecule has 0 saturated heterocycles. The lowest BCUT2D eigenvalue weighted by atomic mass is 9.81. The van der Waals surface area contributed by atoms with Crippen LogP contribution in [0.1, 0.15) is 116 Å². The van der Waals surface area contributed by atoms with Crippen LogP contribution in [-0.4, -0.2) is 63.4 Å². The number of phenols is 1. The van der Waals surface area contributed by atoms with Gasteiger partial charge in [0.1, 0.15) is 40.8 Å². The van der Waals surface area contributed by atoms with Crippen molar-refractivity contribution >= 4 is 18.0 Å². The smallest absolute Gasteiger partial charge is 0.330 e. The summed E-state index contributed by atoms with van der Waals surface area (Å²) in [6.45, 7) is 17.3. The lowest BCUT2D eigenvalue weighted by Crippen LogP contribution is -2.49. The third-order valence-corrected chi connectivity index (χ3v) is 9.19. The molecule has 2 aliphatic rings. The lowest BCUT2D eigenvalue weighted by molar-refractivity contribution is -0.132. The molecule has 9 heteroatoms. The number of benzene rings is 1.